The summed E-state index contributed by atoms with van der Waals surface area (Å²) in [5, 5.41) is 9.38. The van der Waals surface area contributed by atoms with Gasteiger partial charge in [-0.3, -0.25) is 4.79 Å². The molecule has 6 nitrogen and oxygen atoms in total. The smallest absolute Gasteiger partial charge is 0.237 e. The van der Waals surface area contributed by atoms with Gasteiger partial charge in [0.15, 0.2) is 0 Å². The van der Waals surface area contributed by atoms with E-state index in [0.717, 1.165) is 40.6 Å². The van der Waals surface area contributed by atoms with Crippen LogP contribution < -0.4 is 4.90 Å². The predicted octanol–water partition coefficient (Wildman–Crippen LogP) is 4.01. The summed E-state index contributed by atoms with van der Waals surface area (Å²) in [6, 6.07) is 20.0. The Morgan fingerprint density at radius 3 is 2.63 bits per heavy atom. The fourth-order valence-corrected chi connectivity index (χ4v) is 4.27. The van der Waals surface area contributed by atoms with Crippen molar-refractivity contribution in [3.63, 3.8) is 0 Å². The molecular formula is C23H19N5OS. The maximum absolute atomic E-state index is 12.6. The molecule has 1 aliphatic rings. The molecule has 30 heavy (non-hydrogen) atoms. The molecule has 0 spiro atoms. The molecule has 0 bridgehead atoms. The van der Waals surface area contributed by atoms with Crippen molar-refractivity contribution in [2.45, 2.75) is 11.4 Å². The van der Waals surface area contributed by atoms with Crippen LogP contribution in [0.2, 0.25) is 0 Å². The molecule has 5 rings (SSSR count). The van der Waals surface area contributed by atoms with Gasteiger partial charge in [-0.2, -0.15) is 0 Å². The number of imidazole rings is 1. The number of amides is 1. The van der Waals surface area contributed by atoms with Crippen LogP contribution in [0, 0.1) is 0 Å². The molecule has 7 heteroatoms. The van der Waals surface area contributed by atoms with Gasteiger partial charge in [0, 0.05) is 35.9 Å². The zero-order chi connectivity index (χ0) is 20.3. The Kier molecular flexibility index (Phi) is 5.03. The summed E-state index contributed by atoms with van der Waals surface area (Å²) in [5.74, 6) is 0.452. The highest BCUT2D eigenvalue weighted by Crippen LogP contribution is 2.29. The van der Waals surface area contributed by atoms with Gasteiger partial charge in [-0.15, -0.1) is 10.2 Å². The van der Waals surface area contributed by atoms with E-state index >= 15 is 0 Å². The zero-order valence-corrected chi connectivity index (χ0v) is 17.0. The average molecular weight is 414 g/mol. The molecule has 0 saturated heterocycles. The van der Waals surface area contributed by atoms with Crippen molar-refractivity contribution in [3.05, 3.63) is 84.9 Å². The third-order valence-electron chi connectivity index (χ3n) is 5.14. The molecule has 2 aromatic heterocycles. The number of hydrogen-bond donors (Lipinski definition) is 0. The van der Waals surface area contributed by atoms with Gasteiger partial charge < -0.3 is 9.47 Å². The van der Waals surface area contributed by atoms with E-state index in [4.69, 9.17) is 0 Å². The number of rotatable bonds is 5. The molecule has 3 heterocycles. The lowest BCUT2D eigenvalue weighted by atomic mass is 10.1. The minimum Gasteiger partial charge on any atom is -0.311 e. The van der Waals surface area contributed by atoms with Crippen LogP contribution in [0.4, 0.5) is 5.69 Å². The first-order chi connectivity index (χ1) is 14.8. The third kappa shape index (κ3) is 3.71. The van der Waals surface area contributed by atoms with Crippen LogP contribution in [-0.2, 0) is 11.2 Å². The van der Waals surface area contributed by atoms with Crippen molar-refractivity contribution in [3.8, 4) is 16.9 Å². The number of nitrogens with zero attached hydrogens (tertiary/aromatic N) is 5. The first-order valence-electron chi connectivity index (χ1n) is 9.71. The zero-order valence-electron chi connectivity index (χ0n) is 16.2. The molecule has 0 fully saturated rings. The topological polar surface area (TPSA) is 63.9 Å². The molecule has 2 aromatic carbocycles. The lowest BCUT2D eigenvalue weighted by Crippen LogP contribution is -2.30. The second-order valence-corrected chi connectivity index (χ2v) is 7.98. The number of carbonyl (C=O) groups is 1. The van der Waals surface area contributed by atoms with Crippen molar-refractivity contribution in [2.24, 2.45) is 0 Å². The highest BCUT2D eigenvalue weighted by molar-refractivity contribution is 7.99. The standard InChI is InChI=1S/C23H19N5OS/c29-23(28-13-11-18-3-1-2-4-21(18)28)15-30-22-10-9-20(25-26-22)17-5-7-19(8-6-17)27-14-12-24-16-27/h1-10,12,14,16H,11,13,15H2. The predicted molar refractivity (Wildman–Crippen MR) is 118 cm³/mol. The fraction of sp³-hybridized carbons (Fsp3) is 0.130. The molecule has 0 N–H and O–H groups in total. The minimum atomic E-state index is 0.103. The summed E-state index contributed by atoms with van der Waals surface area (Å²) in [6.45, 7) is 0.748. The van der Waals surface area contributed by atoms with E-state index in [0.29, 0.717) is 5.75 Å². The molecular weight excluding hydrogens is 394 g/mol. The van der Waals surface area contributed by atoms with E-state index in [-0.39, 0.29) is 5.91 Å². The van der Waals surface area contributed by atoms with E-state index in [1.807, 2.05) is 70.3 Å². The lowest BCUT2D eigenvalue weighted by molar-refractivity contribution is -0.116. The fourth-order valence-electron chi connectivity index (χ4n) is 3.58. The Morgan fingerprint density at radius 2 is 1.87 bits per heavy atom. The van der Waals surface area contributed by atoms with Gasteiger partial charge in [-0.25, -0.2) is 4.98 Å². The highest BCUT2D eigenvalue weighted by Gasteiger charge is 2.24. The van der Waals surface area contributed by atoms with Gasteiger partial charge >= 0.3 is 0 Å². The molecule has 0 atom stereocenters. The van der Waals surface area contributed by atoms with Gasteiger partial charge in [0.25, 0.3) is 0 Å². The first-order valence-corrected chi connectivity index (χ1v) is 10.7. The second-order valence-electron chi connectivity index (χ2n) is 6.99. The van der Waals surface area contributed by atoms with Gasteiger partial charge in [-0.05, 0) is 42.3 Å². The van der Waals surface area contributed by atoms with Crippen LogP contribution in [0.25, 0.3) is 16.9 Å². The van der Waals surface area contributed by atoms with E-state index < -0.39 is 0 Å². The molecule has 0 saturated carbocycles. The van der Waals surface area contributed by atoms with Crippen LogP contribution in [0.3, 0.4) is 0 Å². The second kappa shape index (κ2) is 8.12. The van der Waals surface area contributed by atoms with Crippen molar-refractivity contribution < 1.29 is 4.79 Å². The first kappa shape index (κ1) is 18.6. The Bertz CT molecular complexity index is 1160. The van der Waals surface area contributed by atoms with Gasteiger partial charge in [0.05, 0.1) is 17.8 Å². The largest absolute Gasteiger partial charge is 0.311 e. The van der Waals surface area contributed by atoms with Gasteiger partial charge in [0.2, 0.25) is 5.91 Å². The third-order valence-corrected chi connectivity index (χ3v) is 6.04. The van der Waals surface area contributed by atoms with Crippen molar-refractivity contribution in [1.29, 1.82) is 0 Å². The molecule has 148 valence electrons. The quantitative estimate of drug-likeness (QED) is 0.463. The van der Waals surface area contributed by atoms with E-state index in [1.54, 1.807) is 12.5 Å². The Morgan fingerprint density at radius 1 is 1.00 bits per heavy atom. The molecule has 4 aromatic rings. The normalized spacial score (nSPS) is 12.7. The van der Waals surface area contributed by atoms with Gasteiger partial charge in [-0.1, -0.05) is 42.1 Å². The number of aromatic nitrogens is 4. The Hall–Kier alpha value is -3.45. The summed E-state index contributed by atoms with van der Waals surface area (Å²) >= 11 is 1.42. The number of fused-ring (bicyclic) bond motifs is 1. The summed E-state index contributed by atoms with van der Waals surface area (Å²) in [4.78, 5) is 18.6. The minimum absolute atomic E-state index is 0.103. The highest BCUT2D eigenvalue weighted by atomic mass is 32.2. The van der Waals surface area contributed by atoms with Crippen LogP contribution in [0.5, 0.6) is 0 Å². The molecule has 0 aliphatic carbocycles. The van der Waals surface area contributed by atoms with E-state index in [1.165, 1.54) is 17.3 Å². The SMILES string of the molecule is O=C(CSc1ccc(-c2ccc(-n3ccnc3)cc2)nn1)N1CCc2ccccc21. The van der Waals surface area contributed by atoms with Crippen molar-refractivity contribution in [1.82, 2.24) is 19.7 Å². The average Bonchev–Trinajstić information content (AvgIpc) is 3.48. The Labute approximate surface area is 178 Å². The monoisotopic (exact) mass is 413 g/mol. The maximum atomic E-state index is 12.6. The number of para-hydroxylation sites is 1. The van der Waals surface area contributed by atoms with Crippen LogP contribution in [0.15, 0.2) is 84.4 Å². The summed E-state index contributed by atoms with van der Waals surface area (Å²) in [5.41, 5.74) is 5.10. The summed E-state index contributed by atoms with van der Waals surface area (Å²) < 4.78 is 1.95. The van der Waals surface area contributed by atoms with E-state index in [9.17, 15) is 4.79 Å². The number of benzene rings is 2. The number of carbonyl (C=O) groups excluding carboxylic acids is 1. The van der Waals surface area contributed by atoms with Gasteiger partial charge in [0.1, 0.15) is 5.03 Å². The Balaban J connectivity index is 1.22. The van der Waals surface area contributed by atoms with Crippen LogP contribution in [-0.4, -0.2) is 38.0 Å². The number of anilines is 1. The van der Waals surface area contributed by atoms with Crippen LogP contribution in [0.1, 0.15) is 5.56 Å². The molecule has 1 aliphatic heterocycles. The van der Waals surface area contributed by atoms with E-state index in [2.05, 4.69) is 21.2 Å². The summed E-state index contributed by atoms with van der Waals surface area (Å²) in [6.07, 6.45) is 6.34. The number of thioether (sulfide) groups is 1. The van der Waals surface area contributed by atoms with Crippen molar-refractivity contribution in [2.75, 3.05) is 17.2 Å². The maximum Gasteiger partial charge on any atom is 0.237 e. The molecule has 0 radical (unpaired) electrons. The van der Waals surface area contributed by atoms with Crippen molar-refractivity contribution >= 4 is 23.4 Å². The molecule has 0 unspecified atom stereocenters. The lowest BCUT2D eigenvalue weighted by Gasteiger charge is -2.16. The number of hydrogen-bond acceptors (Lipinski definition) is 5. The van der Waals surface area contributed by atoms with Crippen LogP contribution >= 0.6 is 11.8 Å². The summed E-state index contributed by atoms with van der Waals surface area (Å²) in [7, 11) is 0. The molecule has 1 amide bonds.